The van der Waals surface area contributed by atoms with Crippen molar-refractivity contribution in [3.63, 3.8) is 0 Å². The number of rotatable bonds is 5. The predicted molar refractivity (Wildman–Crippen MR) is 119 cm³/mol. The molecule has 0 saturated carbocycles. The van der Waals surface area contributed by atoms with E-state index < -0.39 is 29.4 Å². The molecule has 0 spiro atoms. The lowest BCUT2D eigenvalue weighted by molar-refractivity contribution is -0.128. The highest BCUT2D eigenvalue weighted by molar-refractivity contribution is 5.87. The molecule has 3 amide bonds. The lowest BCUT2D eigenvalue weighted by atomic mass is 10.1. The van der Waals surface area contributed by atoms with E-state index >= 15 is 0 Å². The topological polar surface area (TPSA) is 132 Å². The summed E-state index contributed by atoms with van der Waals surface area (Å²) in [5.41, 5.74) is 4.38. The van der Waals surface area contributed by atoms with Crippen LogP contribution in [0.3, 0.4) is 0 Å². The molecule has 32 heavy (non-hydrogen) atoms. The number of nitrogen functional groups attached to an aromatic ring is 1. The summed E-state index contributed by atoms with van der Waals surface area (Å²) in [6.07, 6.45) is 2.89. The molecule has 2 heterocycles. The fraction of sp³-hybridized carbons (Fsp3) is 0.714. The summed E-state index contributed by atoms with van der Waals surface area (Å²) in [5, 5.41) is 2.85. The second-order valence-electron chi connectivity index (χ2n) is 9.74. The molecule has 1 saturated heterocycles. The lowest BCUT2D eigenvalue weighted by Crippen LogP contribution is -2.62. The van der Waals surface area contributed by atoms with Crippen molar-refractivity contribution >= 4 is 24.0 Å². The zero-order valence-corrected chi connectivity index (χ0v) is 19.9. The number of hydrogen-bond acceptors (Lipinski definition) is 7. The van der Waals surface area contributed by atoms with Crippen LogP contribution in [0.4, 0.5) is 15.5 Å². The minimum Gasteiger partial charge on any atom is -0.444 e. The van der Waals surface area contributed by atoms with E-state index in [-0.39, 0.29) is 25.5 Å². The van der Waals surface area contributed by atoms with E-state index in [9.17, 15) is 14.4 Å². The van der Waals surface area contributed by atoms with Crippen LogP contribution in [-0.2, 0) is 20.8 Å². The average molecular weight is 453 g/mol. The van der Waals surface area contributed by atoms with E-state index in [0.717, 1.165) is 0 Å². The molecule has 0 radical (unpaired) electrons. The number of hydrogen-bond donors (Lipinski definition) is 2. The summed E-state index contributed by atoms with van der Waals surface area (Å²) in [7, 11) is 0. The van der Waals surface area contributed by atoms with Gasteiger partial charge in [-0.2, -0.15) is 0 Å². The van der Waals surface area contributed by atoms with Gasteiger partial charge in [-0.05, 0) is 48.0 Å². The summed E-state index contributed by atoms with van der Waals surface area (Å²) < 4.78 is 12.7. The summed E-state index contributed by atoms with van der Waals surface area (Å²) in [6, 6.07) is -0.885. The van der Waals surface area contributed by atoms with Gasteiger partial charge in [-0.25, -0.2) is 14.6 Å². The van der Waals surface area contributed by atoms with Gasteiger partial charge in [0.05, 0.1) is 6.54 Å². The molecule has 1 atom stereocenters. The second kappa shape index (κ2) is 10.1. The molecule has 0 bridgehead atoms. The van der Waals surface area contributed by atoms with Crippen molar-refractivity contribution in [1.82, 2.24) is 24.7 Å². The van der Waals surface area contributed by atoms with Crippen LogP contribution in [0.1, 0.15) is 48.0 Å². The van der Waals surface area contributed by atoms with E-state index in [2.05, 4.69) is 10.3 Å². The van der Waals surface area contributed by atoms with Gasteiger partial charge in [0.2, 0.25) is 5.91 Å². The fourth-order valence-corrected chi connectivity index (χ4v) is 3.15. The minimum absolute atomic E-state index is 0.0223. The maximum absolute atomic E-state index is 13.0. The monoisotopic (exact) mass is 452 g/mol. The summed E-state index contributed by atoms with van der Waals surface area (Å²) in [4.78, 5) is 45.0. The van der Waals surface area contributed by atoms with E-state index in [1.807, 2.05) is 0 Å². The van der Waals surface area contributed by atoms with Crippen LogP contribution < -0.4 is 11.1 Å². The largest absolute Gasteiger partial charge is 0.444 e. The number of anilines is 1. The Kier molecular flexibility index (Phi) is 7.97. The van der Waals surface area contributed by atoms with Crippen molar-refractivity contribution in [3.05, 3.63) is 12.4 Å². The van der Waals surface area contributed by atoms with Gasteiger partial charge in [0.15, 0.2) is 5.95 Å². The molecule has 1 aromatic rings. The number of nitrogens with one attached hydrogen (secondary N) is 1. The molecular formula is C21H36N6O5. The van der Waals surface area contributed by atoms with Crippen molar-refractivity contribution in [2.45, 2.75) is 71.8 Å². The standard InChI is InChI=1S/C21H36N6O5/c1-20(2,3)31-18(29)26-12-13-27(19(30)32-21(4,5)6)15(14-26)16(28)23-8-7-10-25-11-9-24-17(25)22/h9,11,15H,7-8,10,12-14H2,1-6H3,(H2,22,24)(H,23,28)/t15-/m1/s1. The molecule has 2 rings (SSSR count). The van der Waals surface area contributed by atoms with Crippen molar-refractivity contribution in [2.24, 2.45) is 0 Å². The fourth-order valence-electron chi connectivity index (χ4n) is 3.15. The van der Waals surface area contributed by atoms with Gasteiger partial charge in [0.1, 0.15) is 17.2 Å². The highest BCUT2D eigenvalue weighted by Gasteiger charge is 2.39. The maximum atomic E-state index is 13.0. The third kappa shape index (κ3) is 7.61. The molecule has 3 N–H and O–H groups in total. The molecule has 1 aliphatic heterocycles. The Morgan fingerprint density at radius 2 is 1.72 bits per heavy atom. The molecule has 1 aromatic heterocycles. The summed E-state index contributed by atoms with van der Waals surface area (Å²) in [6.45, 7) is 12.0. The first-order valence-corrected chi connectivity index (χ1v) is 10.8. The SMILES string of the molecule is CC(C)(C)OC(=O)N1CCN(C(=O)OC(C)(C)C)[C@@H](C(=O)NCCCn2ccnc2N)C1. The van der Waals surface area contributed by atoms with E-state index in [1.165, 1.54) is 9.80 Å². The third-order valence-electron chi connectivity index (χ3n) is 4.59. The van der Waals surface area contributed by atoms with Crippen LogP contribution in [0.2, 0.25) is 0 Å². The first kappa shape index (κ1) is 25.3. The number of ether oxygens (including phenoxy) is 2. The smallest absolute Gasteiger partial charge is 0.411 e. The first-order chi connectivity index (χ1) is 14.8. The number of aryl methyl sites for hydroxylation is 1. The third-order valence-corrected chi connectivity index (χ3v) is 4.59. The molecule has 180 valence electrons. The van der Waals surface area contributed by atoms with Gasteiger partial charge >= 0.3 is 12.2 Å². The molecule has 1 fully saturated rings. The Labute approximate surface area is 189 Å². The lowest BCUT2D eigenvalue weighted by Gasteiger charge is -2.41. The van der Waals surface area contributed by atoms with Gasteiger partial charge < -0.3 is 30.0 Å². The quantitative estimate of drug-likeness (QED) is 0.651. The molecule has 0 aromatic carbocycles. The zero-order chi connectivity index (χ0) is 24.1. The van der Waals surface area contributed by atoms with Crippen molar-refractivity contribution in [3.8, 4) is 0 Å². The van der Waals surface area contributed by atoms with Gasteiger partial charge in [-0.15, -0.1) is 0 Å². The van der Waals surface area contributed by atoms with Crippen LogP contribution >= 0.6 is 0 Å². The molecular weight excluding hydrogens is 416 g/mol. The van der Waals surface area contributed by atoms with Crippen LogP contribution in [-0.4, -0.2) is 80.9 Å². The number of nitrogens with zero attached hydrogens (tertiary/aromatic N) is 4. The van der Waals surface area contributed by atoms with Gasteiger partial charge in [0.25, 0.3) is 0 Å². The van der Waals surface area contributed by atoms with Crippen LogP contribution in [0.15, 0.2) is 12.4 Å². The highest BCUT2D eigenvalue weighted by atomic mass is 16.6. The number of carbonyl (C=O) groups excluding carboxylic acids is 3. The Morgan fingerprint density at radius 3 is 2.28 bits per heavy atom. The number of piperazine rings is 1. The van der Waals surface area contributed by atoms with Crippen LogP contribution in [0.25, 0.3) is 0 Å². The Balaban J connectivity index is 2.03. The van der Waals surface area contributed by atoms with E-state index in [0.29, 0.717) is 25.5 Å². The van der Waals surface area contributed by atoms with Gasteiger partial charge in [0, 0.05) is 38.6 Å². The van der Waals surface area contributed by atoms with Gasteiger partial charge in [-0.3, -0.25) is 9.69 Å². The number of carbonyl (C=O) groups is 3. The summed E-state index contributed by atoms with van der Waals surface area (Å²) >= 11 is 0. The van der Waals surface area contributed by atoms with Gasteiger partial charge in [-0.1, -0.05) is 0 Å². The Hall–Kier alpha value is -2.98. The number of aromatic nitrogens is 2. The Morgan fingerprint density at radius 1 is 1.09 bits per heavy atom. The van der Waals surface area contributed by atoms with E-state index in [1.54, 1.807) is 58.5 Å². The van der Waals surface area contributed by atoms with Crippen LogP contribution in [0.5, 0.6) is 0 Å². The normalized spacial score (nSPS) is 17.1. The molecule has 11 nitrogen and oxygen atoms in total. The van der Waals surface area contributed by atoms with Crippen molar-refractivity contribution in [1.29, 1.82) is 0 Å². The van der Waals surface area contributed by atoms with Crippen molar-refractivity contribution < 1.29 is 23.9 Å². The Bertz CT molecular complexity index is 810. The molecule has 11 heteroatoms. The number of nitrogens with two attached hydrogens (primary N) is 1. The van der Waals surface area contributed by atoms with Crippen LogP contribution in [0, 0.1) is 0 Å². The second-order valence-corrected chi connectivity index (χ2v) is 9.74. The maximum Gasteiger partial charge on any atom is 0.411 e. The van der Waals surface area contributed by atoms with Crippen molar-refractivity contribution in [2.75, 3.05) is 31.9 Å². The summed E-state index contributed by atoms with van der Waals surface area (Å²) in [5.74, 6) is 0.0513. The zero-order valence-electron chi connectivity index (χ0n) is 19.9. The number of imidazole rings is 1. The predicted octanol–water partition coefficient (Wildman–Crippen LogP) is 1.83. The molecule has 1 aliphatic rings. The van der Waals surface area contributed by atoms with E-state index in [4.69, 9.17) is 15.2 Å². The molecule has 0 aliphatic carbocycles. The average Bonchev–Trinajstić information content (AvgIpc) is 3.06. The number of amides is 3. The first-order valence-electron chi connectivity index (χ1n) is 10.8. The minimum atomic E-state index is -0.885. The molecule has 0 unspecified atom stereocenters. The highest BCUT2D eigenvalue weighted by Crippen LogP contribution is 2.18.